The van der Waals surface area contributed by atoms with Crippen LogP contribution in [-0.4, -0.2) is 35.4 Å². The Morgan fingerprint density at radius 3 is 2.48 bits per heavy atom. The summed E-state index contributed by atoms with van der Waals surface area (Å²) in [5.41, 5.74) is 1.51. The van der Waals surface area contributed by atoms with Gasteiger partial charge in [0.25, 0.3) is 0 Å². The van der Waals surface area contributed by atoms with Crippen molar-refractivity contribution >= 4 is 28.2 Å². The largest absolute Gasteiger partial charge is 0.345 e. The van der Waals surface area contributed by atoms with Crippen LogP contribution in [0.2, 0.25) is 0 Å². The Morgan fingerprint density at radius 1 is 1.07 bits per heavy atom. The zero-order valence-electron chi connectivity index (χ0n) is 15.4. The SMILES string of the molecule is O=C(Nc1ccc(F)cc1)NC1CCN(c2nnc(Cc3ccc(F)cc3)s2)C1. The minimum absolute atomic E-state index is 0.0140. The highest BCUT2D eigenvalue weighted by molar-refractivity contribution is 7.15. The molecule has 1 atom stereocenters. The maximum atomic E-state index is 13.0. The number of urea groups is 1. The van der Waals surface area contributed by atoms with E-state index in [1.807, 2.05) is 0 Å². The molecule has 1 unspecified atom stereocenters. The van der Waals surface area contributed by atoms with Crippen LogP contribution in [0.4, 0.5) is 24.4 Å². The Kier molecular flexibility index (Phi) is 5.66. The highest BCUT2D eigenvalue weighted by Gasteiger charge is 2.26. The second kappa shape index (κ2) is 8.52. The van der Waals surface area contributed by atoms with Crippen molar-refractivity contribution in [1.29, 1.82) is 0 Å². The molecule has 0 aliphatic carbocycles. The van der Waals surface area contributed by atoms with Gasteiger partial charge < -0.3 is 15.5 Å². The number of halogens is 2. The standard InChI is InChI=1S/C20H19F2N5OS/c21-14-3-1-13(2-4-14)11-18-25-26-20(29-18)27-10-9-17(12-27)24-19(28)23-16-7-5-15(22)6-8-16/h1-8,17H,9-12H2,(H2,23,24,28). The number of anilines is 2. The van der Waals surface area contributed by atoms with Crippen molar-refractivity contribution < 1.29 is 13.6 Å². The molecule has 4 rings (SSSR count). The monoisotopic (exact) mass is 415 g/mol. The predicted octanol–water partition coefficient (Wildman–Crippen LogP) is 3.81. The first-order valence-corrected chi connectivity index (χ1v) is 10.0. The van der Waals surface area contributed by atoms with E-state index in [4.69, 9.17) is 0 Å². The second-order valence-corrected chi connectivity index (χ2v) is 7.86. The zero-order valence-corrected chi connectivity index (χ0v) is 16.3. The molecule has 0 radical (unpaired) electrons. The third kappa shape index (κ3) is 5.05. The van der Waals surface area contributed by atoms with E-state index >= 15 is 0 Å². The van der Waals surface area contributed by atoms with E-state index in [9.17, 15) is 13.6 Å². The molecule has 0 bridgehead atoms. The van der Waals surface area contributed by atoms with Crippen molar-refractivity contribution in [3.63, 3.8) is 0 Å². The van der Waals surface area contributed by atoms with Gasteiger partial charge in [0.2, 0.25) is 5.13 Å². The van der Waals surface area contributed by atoms with Gasteiger partial charge >= 0.3 is 6.03 Å². The van der Waals surface area contributed by atoms with Gasteiger partial charge in [0.1, 0.15) is 16.6 Å². The quantitative estimate of drug-likeness (QED) is 0.665. The van der Waals surface area contributed by atoms with Gasteiger partial charge in [0.15, 0.2) is 0 Å². The lowest BCUT2D eigenvalue weighted by molar-refractivity contribution is 0.249. The van der Waals surface area contributed by atoms with Crippen LogP contribution in [0, 0.1) is 11.6 Å². The Bertz CT molecular complexity index is 977. The summed E-state index contributed by atoms with van der Waals surface area (Å²) in [5.74, 6) is -0.607. The number of aromatic nitrogens is 2. The van der Waals surface area contributed by atoms with E-state index in [1.165, 1.54) is 47.7 Å². The molecular weight excluding hydrogens is 396 g/mol. The molecular formula is C20H19F2N5OS. The molecule has 2 heterocycles. The maximum absolute atomic E-state index is 13.0. The van der Waals surface area contributed by atoms with Crippen LogP contribution in [0.3, 0.4) is 0 Å². The van der Waals surface area contributed by atoms with Gasteiger partial charge in [0.05, 0.1) is 0 Å². The Morgan fingerprint density at radius 2 is 1.76 bits per heavy atom. The van der Waals surface area contributed by atoms with E-state index in [0.717, 1.165) is 28.7 Å². The molecule has 1 aliphatic heterocycles. The molecule has 1 aliphatic rings. The van der Waals surface area contributed by atoms with Crippen molar-refractivity contribution in [2.45, 2.75) is 18.9 Å². The van der Waals surface area contributed by atoms with Gasteiger partial charge in [-0.25, -0.2) is 13.6 Å². The molecule has 29 heavy (non-hydrogen) atoms. The molecule has 3 aromatic rings. The highest BCUT2D eigenvalue weighted by atomic mass is 32.1. The summed E-state index contributed by atoms with van der Waals surface area (Å²) in [5, 5.41) is 15.8. The van der Waals surface area contributed by atoms with E-state index in [0.29, 0.717) is 18.7 Å². The number of amides is 2. The number of carbonyl (C=O) groups excluding carboxylic acids is 1. The highest BCUT2D eigenvalue weighted by Crippen LogP contribution is 2.26. The topological polar surface area (TPSA) is 70.2 Å². The number of benzene rings is 2. The molecule has 0 saturated carbocycles. The molecule has 150 valence electrons. The van der Waals surface area contributed by atoms with Crippen LogP contribution in [0.15, 0.2) is 48.5 Å². The first-order valence-electron chi connectivity index (χ1n) is 9.20. The average molecular weight is 415 g/mol. The number of nitrogens with zero attached hydrogens (tertiary/aromatic N) is 3. The molecule has 1 fully saturated rings. The van der Waals surface area contributed by atoms with Gasteiger partial charge in [-0.3, -0.25) is 0 Å². The van der Waals surface area contributed by atoms with Crippen LogP contribution in [0.1, 0.15) is 17.0 Å². The van der Waals surface area contributed by atoms with Crippen molar-refractivity contribution in [2.75, 3.05) is 23.3 Å². The van der Waals surface area contributed by atoms with Crippen molar-refractivity contribution in [1.82, 2.24) is 15.5 Å². The van der Waals surface area contributed by atoms with Crippen LogP contribution in [0.25, 0.3) is 0 Å². The minimum atomic E-state index is -0.349. The third-order valence-electron chi connectivity index (χ3n) is 4.62. The summed E-state index contributed by atoms with van der Waals surface area (Å²) >= 11 is 1.50. The summed E-state index contributed by atoms with van der Waals surface area (Å²) in [7, 11) is 0. The van der Waals surface area contributed by atoms with Gasteiger partial charge in [-0.15, -0.1) is 10.2 Å². The molecule has 1 aromatic heterocycles. The van der Waals surface area contributed by atoms with Crippen LogP contribution >= 0.6 is 11.3 Å². The number of hydrogen-bond donors (Lipinski definition) is 2. The predicted molar refractivity (Wildman–Crippen MR) is 108 cm³/mol. The first kappa shape index (κ1) is 19.3. The summed E-state index contributed by atoms with van der Waals surface area (Å²) in [4.78, 5) is 14.2. The van der Waals surface area contributed by atoms with Crippen LogP contribution in [-0.2, 0) is 6.42 Å². The van der Waals surface area contributed by atoms with Crippen molar-refractivity contribution in [2.24, 2.45) is 0 Å². The molecule has 2 aromatic carbocycles. The fourth-order valence-corrected chi connectivity index (χ4v) is 4.07. The summed E-state index contributed by atoms with van der Waals surface area (Å²) in [6, 6.07) is 11.6. The van der Waals surface area contributed by atoms with Crippen LogP contribution in [0.5, 0.6) is 0 Å². The first-order chi connectivity index (χ1) is 14.0. The molecule has 1 saturated heterocycles. The van der Waals surface area contributed by atoms with E-state index in [2.05, 4.69) is 25.7 Å². The Balaban J connectivity index is 1.29. The van der Waals surface area contributed by atoms with E-state index in [1.54, 1.807) is 12.1 Å². The smallest absolute Gasteiger partial charge is 0.319 e. The zero-order chi connectivity index (χ0) is 20.2. The number of rotatable bonds is 5. The Hall–Kier alpha value is -3.07. The van der Waals surface area contributed by atoms with E-state index in [-0.39, 0.29) is 23.7 Å². The average Bonchev–Trinajstić information content (AvgIpc) is 3.35. The fourth-order valence-electron chi connectivity index (χ4n) is 3.16. The lowest BCUT2D eigenvalue weighted by Crippen LogP contribution is -2.39. The van der Waals surface area contributed by atoms with Gasteiger partial charge in [-0.1, -0.05) is 23.5 Å². The Labute approximate surface area is 170 Å². The molecule has 6 nitrogen and oxygen atoms in total. The van der Waals surface area contributed by atoms with Gasteiger partial charge in [-0.05, 0) is 48.4 Å². The minimum Gasteiger partial charge on any atom is -0.345 e. The summed E-state index contributed by atoms with van der Waals surface area (Å²) in [6.07, 6.45) is 1.40. The third-order valence-corrected chi connectivity index (χ3v) is 5.60. The number of nitrogens with one attached hydrogen (secondary N) is 2. The normalized spacial score (nSPS) is 16.1. The molecule has 2 amide bonds. The van der Waals surface area contributed by atoms with Crippen LogP contribution < -0.4 is 15.5 Å². The van der Waals surface area contributed by atoms with Gasteiger partial charge in [-0.2, -0.15) is 0 Å². The lowest BCUT2D eigenvalue weighted by Gasteiger charge is -2.15. The van der Waals surface area contributed by atoms with E-state index < -0.39 is 0 Å². The molecule has 9 heteroatoms. The maximum Gasteiger partial charge on any atom is 0.319 e. The summed E-state index contributed by atoms with van der Waals surface area (Å²) in [6.45, 7) is 1.41. The molecule has 2 N–H and O–H groups in total. The summed E-state index contributed by atoms with van der Waals surface area (Å²) < 4.78 is 26.0. The van der Waals surface area contributed by atoms with Gasteiger partial charge in [0, 0.05) is 31.2 Å². The number of carbonyl (C=O) groups is 1. The second-order valence-electron chi connectivity index (χ2n) is 6.82. The number of hydrogen-bond acceptors (Lipinski definition) is 5. The van der Waals surface area contributed by atoms with Crippen molar-refractivity contribution in [3.05, 3.63) is 70.7 Å². The lowest BCUT2D eigenvalue weighted by atomic mass is 10.2. The fraction of sp³-hybridized carbons (Fsp3) is 0.250. The van der Waals surface area contributed by atoms with Crippen molar-refractivity contribution in [3.8, 4) is 0 Å². The molecule has 0 spiro atoms.